The smallest absolute Gasteiger partial charge is 0.270 e. The number of carbonyl (C=O) groups excluding carboxylic acids is 2. The molecule has 2 aromatic carbocycles. The lowest BCUT2D eigenvalue weighted by Crippen LogP contribution is -2.44. The third-order valence-electron chi connectivity index (χ3n) is 4.78. The largest absolute Gasteiger partial charge is 0.324 e. The standard InChI is InChI=1S/C22H21ClN4O2S/c1-13(2)11-18-21(29)26-20-14-7-3-5-9-16(14)25-22(27(18)20)30-12-19(28)24-17-10-6-4-8-15(17)23/h3-10,13,18H,11-12H2,1-2H3,(H,24,28). The van der Waals surface area contributed by atoms with E-state index in [4.69, 9.17) is 16.6 Å². The number of hydrogen-bond donors (Lipinski definition) is 1. The van der Waals surface area contributed by atoms with Crippen LogP contribution >= 0.6 is 23.4 Å². The predicted octanol–water partition coefficient (Wildman–Crippen LogP) is 4.72. The molecule has 2 aromatic rings. The molecule has 1 atom stereocenters. The summed E-state index contributed by atoms with van der Waals surface area (Å²) in [4.78, 5) is 36.1. The summed E-state index contributed by atoms with van der Waals surface area (Å²) in [5.41, 5.74) is 2.15. The number of anilines is 1. The third-order valence-corrected chi connectivity index (χ3v) is 6.07. The number of hydrogen-bond acceptors (Lipinski definition) is 5. The number of benzene rings is 2. The molecule has 0 fully saturated rings. The molecule has 0 bridgehead atoms. The Bertz CT molecular complexity index is 1070. The van der Waals surface area contributed by atoms with Crippen LogP contribution in [0.2, 0.25) is 5.02 Å². The number of carbonyl (C=O) groups is 2. The van der Waals surface area contributed by atoms with Gasteiger partial charge in [0.2, 0.25) is 5.91 Å². The van der Waals surface area contributed by atoms with Crippen LogP contribution in [0, 0.1) is 5.92 Å². The molecule has 2 aliphatic rings. The van der Waals surface area contributed by atoms with Crippen LogP contribution in [0.25, 0.3) is 0 Å². The Balaban J connectivity index is 1.57. The highest BCUT2D eigenvalue weighted by Crippen LogP contribution is 2.35. The zero-order valence-corrected chi connectivity index (χ0v) is 18.2. The van der Waals surface area contributed by atoms with E-state index in [2.05, 4.69) is 24.2 Å². The second-order valence-corrected chi connectivity index (χ2v) is 8.87. The maximum absolute atomic E-state index is 12.7. The van der Waals surface area contributed by atoms with Gasteiger partial charge in [0, 0.05) is 5.56 Å². The second-order valence-electron chi connectivity index (χ2n) is 7.52. The lowest BCUT2D eigenvalue weighted by Gasteiger charge is -2.31. The van der Waals surface area contributed by atoms with Crippen molar-refractivity contribution in [2.45, 2.75) is 26.3 Å². The minimum atomic E-state index is -0.397. The topological polar surface area (TPSA) is 74.1 Å². The summed E-state index contributed by atoms with van der Waals surface area (Å²) in [6, 6.07) is 14.3. The number of amides is 2. The highest BCUT2D eigenvalue weighted by atomic mass is 35.5. The second kappa shape index (κ2) is 8.62. The summed E-state index contributed by atoms with van der Waals surface area (Å²) in [7, 11) is 0. The van der Waals surface area contributed by atoms with E-state index in [9.17, 15) is 9.59 Å². The van der Waals surface area contributed by atoms with Crippen LogP contribution in [0.5, 0.6) is 0 Å². The van der Waals surface area contributed by atoms with Crippen molar-refractivity contribution in [1.29, 1.82) is 0 Å². The number of para-hydroxylation sites is 2. The van der Waals surface area contributed by atoms with Gasteiger partial charge in [-0.05, 0) is 36.6 Å². The fourth-order valence-electron chi connectivity index (χ4n) is 3.46. The van der Waals surface area contributed by atoms with Gasteiger partial charge in [0.05, 0.1) is 22.2 Å². The third kappa shape index (κ3) is 4.13. The number of nitrogens with one attached hydrogen (secondary N) is 1. The first-order valence-corrected chi connectivity index (χ1v) is 11.1. The summed E-state index contributed by atoms with van der Waals surface area (Å²) in [5, 5.41) is 3.91. The number of thioether (sulfide) groups is 1. The lowest BCUT2D eigenvalue weighted by atomic mass is 10.0. The molecular weight excluding hydrogens is 420 g/mol. The Morgan fingerprint density at radius 3 is 2.67 bits per heavy atom. The maximum Gasteiger partial charge on any atom is 0.270 e. The number of nitrogens with zero attached hydrogens (tertiary/aromatic N) is 3. The van der Waals surface area contributed by atoms with Crippen molar-refractivity contribution >= 4 is 57.6 Å². The zero-order chi connectivity index (χ0) is 21.3. The van der Waals surface area contributed by atoms with Crippen LogP contribution in [0.4, 0.5) is 11.4 Å². The Morgan fingerprint density at radius 2 is 1.90 bits per heavy atom. The van der Waals surface area contributed by atoms with Gasteiger partial charge in [-0.2, -0.15) is 4.99 Å². The Kier molecular flexibility index (Phi) is 5.92. The molecule has 8 heteroatoms. The highest BCUT2D eigenvalue weighted by molar-refractivity contribution is 8.14. The fraction of sp³-hybridized carbons (Fsp3) is 0.273. The highest BCUT2D eigenvalue weighted by Gasteiger charge is 2.41. The van der Waals surface area contributed by atoms with Crippen LogP contribution in [0.15, 0.2) is 58.5 Å². The molecule has 1 unspecified atom stereocenters. The van der Waals surface area contributed by atoms with Gasteiger partial charge in [0.15, 0.2) is 5.17 Å². The number of rotatable bonds is 5. The molecule has 0 aliphatic carbocycles. The molecule has 0 radical (unpaired) electrons. The van der Waals surface area contributed by atoms with E-state index in [-0.39, 0.29) is 17.6 Å². The molecule has 154 valence electrons. The summed E-state index contributed by atoms with van der Waals surface area (Å²) < 4.78 is 0. The zero-order valence-electron chi connectivity index (χ0n) is 16.6. The first-order valence-electron chi connectivity index (χ1n) is 9.71. The first-order chi connectivity index (χ1) is 14.4. The van der Waals surface area contributed by atoms with Crippen LogP contribution in [-0.2, 0) is 9.59 Å². The molecule has 2 amide bonds. The van der Waals surface area contributed by atoms with E-state index >= 15 is 0 Å². The van der Waals surface area contributed by atoms with Crippen molar-refractivity contribution in [2.75, 3.05) is 11.1 Å². The van der Waals surface area contributed by atoms with Gasteiger partial charge in [0.1, 0.15) is 11.9 Å². The van der Waals surface area contributed by atoms with Crippen molar-refractivity contribution in [2.24, 2.45) is 15.9 Å². The minimum Gasteiger partial charge on any atom is -0.324 e. The van der Waals surface area contributed by atoms with Gasteiger partial charge in [-0.3, -0.25) is 14.5 Å². The summed E-state index contributed by atoms with van der Waals surface area (Å²) in [6.45, 7) is 4.15. The quantitative estimate of drug-likeness (QED) is 0.730. The van der Waals surface area contributed by atoms with E-state index < -0.39 is 6.04 Å². The molecule has 0 spiro atoms. The Labute approximate surface area is 184 Å². The molecule has 0 saturated heterocycles. The van der Waals surface area contributed by atoms with Crippen molar-refractivity contribution in [1.82, 2.24) is 4.90 Å². The summed E-state index contributed by atoms with van der Waals surface area (Å²) >= 11 is 7.41. The van der Waals surface area contributed by atoms with Gasteiger partial charge in [-0.25, -0.2) is 4.99 Å². The van der Waals surface area contributed by atoms with Gasteiger partial charge in [-0.1, -0.05) is 61.5 Å². The SMILES string of the molecule is CC(C)CC1C(=O)N=C2c3ccccc3N=C(SCC(=O)Nc3ccccc3Cl)N21. The van der Waals surface area contributed by atoms with E-state index in [0.717, 1.165) is 11.3 Å². The van der Waals surface area contributed by atoms with Gasteiger partial charge < -0.3 is 5.32 Å². The van der Waals surface area contributed by atoms with E-state index in [1.165, 1.54) is 11.8 Å². The molecule has 2 aliphatic heterocycles. The predicted molar refractivity (Wildman–Crippen MR) is 123 cm³/mol. The molecule has 2 heterocycles. The van der Waals surface area contributed by atoms with Crippen LogP contribution in [0.3, 0.4) is 0 Å². The van der Waals surface area contributed by atoms with Crippen molar-refractivity contribution < 1.29 is 9.59 Å². The molecule has 6 nitrogen and oxygen atoms in total. The first kappa shape index (κ1) is 20.6. The number of halogens is 1. The normalized spacial score (nSPS) is 17.4. The number of fused-ring (bicyclic) bond motifs is 3. The van der Waals surface area contributed by atoms with Crippen molar-refractivity contribution in [3.63, 3.8) is 0 Å². The molecule has 0 saturated carbocycles. The Hall–Kier alpha value is -2.64. The lowest BCUT2D eigenvalue weighted by molar-refractivity contribution is -0.120. The minimum absolute atomic E-state index is 0.137. The van der Waals surface area contributed by atoms with Gasteiger partial charge in [-0.15, -0.1) is 0 Å². The molecule has 4 rings (SSSR count). The Morgan fingerprint density at radius 1 is 1.17 bits per heavy atom. The van der Waals surface area contributed by atoms with E-state index in [0.29, 0.717) is 34.1 Å². The van der Waals surface area contributed by atoms with Crippen molar-refractivity contribution in [3.8, 4) is 0 Å². The molecule has 1 N–H and O–H groups in total. The molecule has 30 heavy (non-hydrogen) atoms. The monoisotopic (exact) mass is 440 g/mol. The average Bonchev–Trinajstić information content (AvgIpc) is 3.04. The number of amidine groups is 2. The van der Waals surface area contributed by atoms with Crippen molar-refractivity contribution in [3.05, 3.63) is 59.1 Å². The summed E-state index contributed by atoms with van der Waals surface area (Å²) in [5.74, 6) is 0.715. The maximum atomic E-state index is 12.7. The van der Waals surface area contributed by atoms with Gasteiger partial charge >= 0.3 is 0 Å². The van der Waals surface area contributed by atoms with Crippen LogP contribution in [0.1, 0.15) is 25.8 Å². The van der Waals surface area contributed by atoms with Gasteiger partial charge in [0.25, 0.3) is 5.91 Å². The molecular formula is C22H21ClN4O2S. The van der Waals surface area contributed by atoms with E-state index in [1.54, 1.807) is 18.2 Å². The van der Waals surface area contributed by atoms with E-state index in [1.807, 2.05) is 35.2 Å². The average molecular weight is 441 g/mol. The van der Waals surface area contributed by atoms with Crippen LogP contribution < -0.4 is 5.32 Å². The number of aliphatic imine (C=N–C) groups is 2. The molecule has 0 aromatic heterocycles. The summed E-state index contributed by atoms with van der Waals surface area (Å²) in [6.07, 6.45) is 0.666. The van der Waals surface area contributed by atoms with Crippen LogP contribution in [-0.4, -0.2) is 39.5 Å². The fourth-order valence-corrected chi connectivity index (χ4v) is 4.49.